The first-order valence-electron chi connectivity index (χ1n) is 6.67. The number of hydrogen-bond acceptors (Lipinski definition) is 2. The summed E-state index contributed by atoms with van der Waals surface area (Å²) < 4.78 is 39.4. The van der Waals surface area contributed by atoms with Gasteiger partial charge in [-0.2, -0.15) is 5.26 Å². The van der Waals surface area contributed by atoms with E-state index in [9.17, 15) is 23.5 Å². The predicted molar refractivity (Wildman–Crippen MR) is 67.0 cm³/mol. The van der Waals surface area contributed by atoms with Crippen LogP contribution in [0.15, 0.2) is 12.1 Å². The van der Waals surface area contributed by atoms with Crippen molar-refractivity contribution in [3.05, 3.63) is 35.1 Å². The van der Waals surface area contributed by atoms with E-state index in [1.165, 1.54) is 0 Å². The summed E-state index contributed by atoms with van der Waals surface area (Å²) in [4.78, 5) is 0. The highest BCUT2D eigenvalue weighted by Crippen LogP contribution is 2.50. The maximum Gasteiger partial charge on any atom is 0.194 e. The molecule has 0 radical (unpaired) electrons. The van der Waals surface area contributed by atoms with Crippen molar-refractivity contribution in [3.63, 3.8) is 0 Å². The molecule has 1 N–H and O–H groups in total. The summed E-state index contributed by atoms with van der Waals surface area (Å²) in [7, 11) is 0. The number of halogens is 3. The average molecular weight is 283 g/mol. The molecule has 2 rings (SSSR count). The van der Waals surface area contributed by atoms with Crippen molar-refractivity contribution >= 4 is 0 Å². The first-order valence-corrected chi connectivity index (χ1v) is 6.67. The molecule has 0 amide bonds. The zero-order chi connectivity index (χ0) is 14.9. The Morgan fingerprint density at radius 1 is 1.40 bits per heavy atom. The Morgan fingerprint density at radius 2 is 2.00 bits per heavy atom. The third-order valence-electron chi connectivity index (χ3n) is 4.30. The largest absolute Gasteiger partial charge is 0.387 e. The molecule has 0 aliphatic heterocycles. The quantitative estimate of drug-likeness (QED) is 0.856. The minimum Gasteiger partial charge on any atom is -0.387 e. The highest BCUT2D eigenvalue weighted by Gasteiger charge is 2.45. The minimum absolute atomic E-state index is 0.0836. The van der Waals surface area contributed by atoms with Gasteiger partial charge in [-0.3, -0.25) is 0 Å². The van der Waals surface area contributed by atoms with Gasteiger partial charge in [0.15, 0.2) is 17.5 Å². The van der Waals surface area contributed by atoms with E-state index in [2.05, 4.69) is 6.07 Å². The molecule has 2 nitrogen and oxygen atoms in total. The SMILES string of the molecule is CCC1CCC(C#N)(C(O)c2cc(F)c(F)c(F)c2)C1. The molecule has 5 heteroatoms. The lowest BCUT2D eigenvalue weighted by Crippen LogP contribution is -2.25. The van der Waals surface area contributed by atoms with Gasteiger partial charge in [0.1, 0.15) is 0 Å². The second-order valence-corrected chi connectivity index (χ2v) is 5.49. The maximum atomic E-state index is 13.2. The zero-order valence-electron chi connectivity index (χ0n) is 11.2. The van der Waals surface area contributed by atoms with Crippen molar-refractivity contribution in [1.82, 2.24) is 0 Å². The fraction of sp³-hybridized carbons (Fsp3) is 0.533. The molecule has 0 bridgehead atoms. The summed E-state index contributed by atoms with van der Waals surface area (Å²) >= 11 is 0. The Labute approximate surface area is 115 Å². The molecule has 108 valence electrons. The van der Waals surface area contributed by atoms with Crippen molar-refractivity contribution in [2.75, 3.05) is 0 Å². The molecule has 0 saturated heterocycles. The summed E-state index contributed by atoms with van der Waals surface area (Å²) in [5.74, 6) is -3.95. The molecule has 0 aromatic heterocycles. The van der Waals surface area contributed by atoms with Crippen molar-refractivity contribution < 1.29 is 18.3 Å². The Bertz CT molecular complexity index is 532. The molecule has 1 fully saturated rings. The van der Waals surface area contributed by atoms with E-state index < -0.39 is 29.0 Å². The molecule has 1 saturated carbocycles. The van der Waals surface area contributed by atoms with Crippen LogP contribution < -0.4 is 0 Å². The topological polar surface area (TPSA) is 44.0 Å². The minimum atomic E-state index is -1.56. The third kappa shape index (κ3) is 2.40. The second kappa shape index (κ2) is 5.45. The van der Waals surface area contributed by atoms with Gasteiger partial charge in [0.2, 0.25) is 0 Å². The first kappa shape index (κ1) is 14.9. The molecule has 3 atom stereocenters. The van der Waals surface area contributed by atoms with E-state index in [1.54, 1.807) is 0 Å². The lowest BCUT2D eigenvalue weighted by Gasteiger charge is -2.28. The summed E-state index contributed by atoms with van der Waals surface area (Å²) in [6.45, 7) is 2.00. The Kier molecular flexibility index (Phi) is 4.05. The maximum absolute atomic E-state index is 13.2. The lowest BCUT2D eigenvalue weighted by atomic mass is 9.78. The first-order chi connectivity index (χ1) is 9.43. The molecule has 3 unspecified atom stereocenters. The molecule has 0 heterocycles. The normalized spacial score (nSPS) is 27.3. The summed E-state index contributed by atoms with van der Waals surface area (Å²) in [6, 6.07) is 3.64. The van der Waals surface area contributed by atoms with Gasteiger partial charge in [0, 0.05) is 0 Å². The number of aliphatic hydroxyl groups is 1. The molecular weight excluding hydrogens is 267 g/mol. The number of nitriles is 1. The molecule has 1 aromatic carbocycles. The van der Waals surface area contributed by atoms with Gasteiger partial charge in [-0.15, -0.1) is 0 Å². The van der Waals surface area contributed by atoms with Gasteiger partial charge in [-0.1, -0.05) is 13.3 Å². The average Bonchev–Trinajstić information content (AvgIpc) is 2.88. The van der Waals surface area contributed by atoms with Crippen molar-refractivity contribution in [3.8, 4) is 6.07 Å². The van der Waals surface area contributed by atoms with Crippen LogP contribution in [-0.2, 0) is 0 Å². The number of nitrogens with zero attached hydrogens (tertiary/aromatic N) is 1. The Hall–Kier alpha value is -1.54. The number of benzene rings is 1. The van der Waals surface area contributed by atoms with Crippen molar-refractivity contribution in [2.45, 2.75) is 38.7 Å². The van der Waals surface area contributed by atoms with Crippen LogP contribution in [0.4, 0.5) is 13.2 Å². The van der Waals surface area contributed by atoms with Crippen LogP contribution in [-0.4, -0.2) is 5.11 Å². The molecular formula is C15H16F3NO. The van der Waals surface area contributed by atoms with E-state index in [0.29, 0.717) is 18.8 Å². The van der Waals surface area contributed by atoms with Gasteiger partial charge in [0.05, 0.1) is 17.6 Å². The van der Waals surface area contributed by atoms with Crippen LogP contribution in [0.2, 0.25) is 0 Å². The second-order valence-electron chi connectivity index (χ2n) is 5.49. The zero-order valence-corrected chi connectivity index (χ0v) is 11.2. The monoisotopic (exact) mass is 283 g/mol. The number of hydrogen-bond donors (Lipinski definition) is 1. The fourth-order valence-corrected chi connectivity index (χ4v) is 2.99. The van der Waals surface area contributed by atoms with E-state index in [0.717, 1.165) is 25.0 Å². The van der Waals surface area contributed by atoms with E-state index in [4.69, 9.17) is 0 Å². The molecule has 1 aliphatic rings. The lowest BCUT2D eigenvalue weighted by molar-refractivity contribution is 0.0633. The van der Waals surface area contributed by atoms with E-state index in [-0.39, 0.29) is 5.56 Å². The molecule has 1 aromatic rings. The van der Waals surface area contributed by atoms with Crippen molar-refractivity contribution in [2.24, 2.45) is 11.3 Å². The van der Waals surface area contributed by atoms with Crippen LogP contribution >= 0.6 is 0 Å². The van der Waals surface area contributed by atoms with Gasteiger partial charge in [0.25, 0.3) is 0 Å². The van der Waals surface area contributed by atoms with Crippen LogP contribution in [0, 0.1) is 40.1 Å². The predicted octanol–water partition coefficient (Wildman–Crippen LogP) is 3.86. The van der Waals surface area contributed by atoms with Crippen LogP contribution in [0.5, 0.6) is 0 Å². The van der Waals surface area contributed by atoms with Crippen molar-refractivity contribution in [1.29, 1.82) is 5.26 Å². The van der Waals surface area contributed by atoms with Crippen LogP contribution in [0.25, 0.3) is 0 Å². The van der Waals surface area contributed by atoms with Crippen LogP contribution in [0.3, 0.4) is 0 Å². The molecule has 0 spiro atoms. The van der Waals surface area contributed by atoms with E-state index in [1.807, 2.05) is 6.92 Å². The van der Waals surface area contributed by atoms with Gasteiger partial charge in [-0.25, -0.2) is 13.2 Å². The van der Waals surface area contributed by atoms with E-state index >= 15 is 0 Å². The standard InChI is InChI=1S/C15H16F3NO/c1-2-9-3-4-15(7-9,8-19)14(20)10-5-11(16)13(18)12(17)6-10/h5-6,9,14,20H,2-4,7H2,1H3. The van der Waals surface area contributed by atoms with Gasteiger partial charge < -0.3 is 5.11 Å². The van der Waals surface area contributed by atoms with Gasteiger partial charge >= 0.3 is 0 Å². The Balaban J connectivity index is 2.35. The van der Waals surface area contributed by atoms with Gasteiger partial charge in [-0.05, 0) is 42.9 Å². The fourth-order valence-electron chi connectivity index (χ4n) is 2.99. The summed E-state index contributed by atoms with van der Waals surface area (Å²) in [6.07, 6.45) is 1.34. The Morgan fingerprint density at radius 3 is 2.45 bits per heavy atom. The highest BCUT2D eigenvalue weighted by atomic mass is 19.2. The molecule has 20 heavy (non-hydrogen) atoms. The highest BCUT2D eigenvalue weighted by molar-refractivity contribution is 5.26. The third-order valence-corrected chi connectivity index (χ3v) is 4.30. The summed E-state index contributed by atoms with van der Waals surface area (Å²) in [5, 5.41) is 19.7. The number of aliphatic hydroxyl groups excluding tert-OH is 1. The number of rotatable bonds is 3. The summed E-state index contributed by atoms with van der Waals surface area (Å²) in [5.41, 5.74) is -1.13. The van der Waals surface area contributed by atoms with Crippen LogP contribution in [0.1, 0.15) is 44.3 Å². The molecule has 1 aliphatic carbocycles. The smallest absolute Gasteiger partial charge is 0.194 e.